The molecule has 23 heavy (non-hydrogen) atoms. The number of anilines is 1. The van der Waals surface area contributed by atoms with Gasteiger partial charge in [-0.1, -0.05) is 35.4 Å². The number of amides is 2. The summed E-state index contributed by atoms with van der Waals surface area (Å²) < 4.78 is 5.33. The molecule has 0 radical (unpaired) electrons. The molecule has 2 fully saturated rings. The second-order valence-electron chi connectivity index (χ2n) is 6.63. The fourth-order valence-corrected chi connectivity index (χ4v) is 4.48. The number of ether oxygens (including phenoxy) is 1. The molecule has 4 heteroatoms. The Hall–Kier alpha value is -2.36. The third-order valence-electron chi connectivity index (χ3n) is 5.32. The first-order chi connectivity index (χ1) is 11.1. The maximum Gasteiger partial charge on any atom is 0.238 e. The van der Waals surface area contributed by atoms with Gasteiger partial charge in [-0.3, -0.25) is 9.59 Å². The molecule has 1 aliphatic heterocycles. The number of fused-ring (bicyclic) bond motifs is 5. The summed E-state index contributed by atoms with van der Waals surface area (Å²) in [7, 11) is 1.55. The molecule has 2 aliphatic carbocycles. The van der Waals surface area contributed by atoms with Crippen molar-refractivity contribution < 1.29 is 14.3 Å². The van der Waals surface area contributed by atoms with Crippen LogP contribution in [0, 0.1) is 23.7 Å². The molecule has 1 heterocycles. The van der Waals surface area contributed by atoms with Crippen molar-refractivity contribution in [3.05, 3.63) is 47.6 Å². The van der Waals surface area contributed by atoms with E-state index in [4.69, 9.17) is 4.74 Å². The SMILES string of the molecule is COc1ccccc1N1C(=O)[C@@H]2[C@H](C1=O)[C@@H]1C=C[C@H]2C1=C(C)C. The van der Waals surface area contributed by atoms with Crippen LogP contribution in [0.1, 0.15) is 13.8 Å². The predicted octanol–water partition coefficient (Wildman–Crippen LogP) is 2.95. The maximum absolute atomic E-state index is 13.0. The van der Waals surface area contributed by atoms with Crippen LogP contribution in [-0.2, 0) is 9.59 Å². The molecule has 1 saturated carbocycles. The highest BCUT2D eigenvalue weighted by molar-refractivity contribution is 6.23. The highest BCUT2D eigenvalue weighted by Crippen LogP contribution is 2.57. The number of hydrogen-bond donors (Lipinski definition) is 0. The minimum absolute atomic E-state index is 0.0751. The third-order valence-corrected chi connectivity index (χ3v) is 5.32. The second kappa shape index (κ2) is 4.82. The van der Waals surface area contributed by atoms with E-state index >= 15 is 0 Å². The molecule has 0 spiro atoms. The summed E-state index contributed by atoms with van der Waals surface area (Å²) in [6.07, 6.45) is 4.20. The Balaban J connectivity index is 1.79. The van der Waals surface area contributed by atoms with Crippen LogP contribution < -0.4 is 9.64 Å². The van der Waals surface area contributed by atoms with Crippen molar-refractivity contribution in [3.8, 4) is 5.75 Å². The number of imide groups is 1. The van der Waals surface area contributed by atoms with E-state index in [2.05, 4.69) is 26.0 Å². The highest BCUT2D eigenvalue weighted by atomic mass is 16.5. The molecule has 0 unspecified atom stereocenters. The molecule has 3 aliphatic rings. The normalized spacial score (nSPS) is 31.1. The molecular weight excluding hydrogens is 290 g/mol. The molecule has 1 saturated heterocycles. The number of hydrogen-bond acceptors (Lipinski definition) is 3. The van der Waals surface area contributed by atoms with Crippen molar-refractivity contribution in [2.24, 2.45) is 23.7 Å². The van der Waals surface area contributed by atoms with Crippen LogP contribution in [0.3, 0.4) is 0 Å². The quantitative estimate of drug-likeness (QED) is 0.623. The first-order valence-corrected chi connectivity index (χ1v) is 7.92. The predicted molar refractivity (Wildman–Crippen MR) is 87.0 cm³/mol. The maximum atomic E-state index is 13.0. The average Bonchev–Trinajstić information content (AvgIpc) is 3.18. The summed E-state index contributed by atoms with van der Waals surface area (Å²) in [6, 6.07) is 7.20. The summed E-state index contributed by atoms with van der Waals surface area (Å²) in [5.74, 6) is -0.00550. The number of rotatable bonds is 2. The van der Waals surface area contributed by atoms with Gasteiger partial charge in [-0.2, -0.15) is 0 Å². The summed E-state index contributed by atoms with van der Waals surface area (Å²) in [5, 5.41) is 0. The van der Waals surface area contributed by atoms with Crippen molar-refractivity contribution in [1.82, 2.24) is 0 Å². The van der Waals surface area contributed by atoms with Crippen LogP contribution in [0.25, 0.3) is 0 Å². The number of nitrogens with zero attached hydrogens (tertiary/aromatic N) is 1. The van der Waals surface area contributed by atoms with Gasteiger partial charge in [-0.25, -0.2) is 4.90 Å². The average molecular weight is 309 g/mol. The minimum atomic E-state index is -0.257. The Morgan fingerprint density at radius 2 is 1.57 bits per heavy atom. The van der Waals surface area contributed by atoms with Gasteiger partial charge in [-0.15, -0.1) is 0 Å². The number of carbonyl (C=O) groups excluding carboxylic acids is 2. The molecule has 0 aromatic heterocycles. The second-order valence-corrected chi connectivity index (χ2v) is 6.63. The molecule has 4 nitrogen and oxygen atoms in total. The van der Waals surface area contributed by atoms with Gasteiger partial charge in [0.2, 0.25) is 11.8 Å². The molecule has 0 N–H and O–H groups in total. The van der Waals surface area contributed by atoms with Gasteiger partial charge in [-0.05, 0) is 26.0 Å². The Morgan fingerprint density at radius 1 is 1.00 bits per heavy atom. The number of carbonyl (C=O) groups is 2. The fraction of sp³-hybridized carbons (Fsp3) is 0.368. The first-order valence-electron chi connectivity index (χ1n) is 7.92. The number of para-hydroxylation sites is 2. The molecule has 4 rings (SSSR count). The minimum Gasteiger partial charge on any atom is -0.495 e. The summed E-state index contributed by atoms with van der Waals surface area (Å²) in [5.41, 5.74) is 3.04. The molecule has 1 aromatic rings. The first kappa shape index (κ1) is 14.2. The smallest absolute Gasteiger partial charge is 0.238 e. The van der Waals surface area contributed by atoms with E-state index in [0.717, 1.165) is 0 Å². The summed E-state index contributed by atoms with van der Waals surface area (Å²) in [4.78, 5) is 27.4. The lowest BCUT2D eigenvalue weighted by molar-refractivity contribution is -0.123. The topological polar surface area (TPSA) is 46.6 Å². The van der Waals surface area contributed by atoms with Crippen molar-refractivity contribution in [2.75, 3.05) is 12.0 Å². The number of benzene rings is 1. The Morgan fingerprint density at radius 3 is 2.09 bits per heavy atom. The van der Waals surface area contributed by atoms with Crippen LogP contribution in [0.2, 0.25) is 0 Å². The summed E-state index contributed by atoms with van der Waals surface area (Å²) >= 11 is 0. The zero-order valence-corrected chi connectivity index (χ0v) is 13.4. The van der Waals surface area contributed by atoms with E-state index in [-0.39, 0.29) is 35.5 Å². The lowest BCUT2D eigenvalue weighted by Gasteiger charge is -2.21. The summed E-state index contributed by atoms with van der Waals surface area (Å²) in [6.45, 7) is 4.13. The molecular formula is C19H19NO3. The zero-order chi connectivity index (χ0) is 16.3. The van der Waals surface area contributed by atoms with Crippen LogP contribution in [0.4, 0.5) is 5.69 Å². The largest absolute Gasteiger partial charge is 0.495 e. The monoisotopic (exact) mass is 309 g/mol. The molecule has 4 atom stereocenters. The van der Waals surface area contributed by atoms with Crippen LogP contribution >= 0.6 is 0 Å². The molecule has 1 aromatic carbocycles. The van der Waals surface area contributed by atoms with Crippen LogP contribution in [0.15, 0.2) is 47.6 Å². The van der Waals surface area contributed by atoms with Gasteiger partial charge in [0.05, 0.1) is 24.6 Å². The molecule has 118 valence electrons. The van der Waals surface area contributed by atoms with E-state index in [0.29, 0.717) is 11.4 Å². The Labute approximate surface area is 135 Å². The van der Waals surface area contributed by atoms with Crippen molar-refractivity contribution in [1.29, 1.82) is 0 Å². The van der Waals surface area contributed by atoms with Crippen molar-refractivity contribution >= 4 is 17.5 Å². The third kappa shape index (κ3) is 1.72. The van der Waals surface area contributed by atoms with Crippen molar-refractivity contribution in [3.63, 3.8) is 0 Å². The lowest BCUT2D eigenvalue weighted by Crippen LogP contribution is -2.33. The standard InChI is InChI=1S/C19H19NO3/c1-10(2)15-11-8-9-12(15)17-16(11)18(21)20(19(17)22)13-6-4-5-7-14(13)23-3/h4-9,11-12,16-17H,1-3H3/t11-,12+,16-,17+. The van der Waals surface area contributed by atoms with Gasteiger partial charge >= 0.3 is 0 Å². The van der Waals surface area contributed by atoms with Crippen molar-refractivity contribution in [2.45, 2.75) is 13.8 Å². The van der Waals surface area contributed by atoms with Crippen LogP contribution in [-0.4, -0.2) is 18.9 Å². The van der Waals surface area contributed by atoms with E-state index < -0.39 is 0 Å². The van der Waals surface area contributed by atoms with Gasteiger partial charge in [0.25, 0.3) is 0 Å². The fourth-order valence-electron chi connectivity index (χ4n) is 4.48. The number of methoxy groups -OCH3 is 1. The van der Waals surface area contributed by atoms with E-state index in [1.807, 2.05) is 12.1 Å². The Kier molecular flexibility index (Phi) is 2.98. The molecule has 2 amide bonds. The molecule has 2 bridgehead atoms. The van der Waals surface area contributed by atoms with Crippen LogP contribution in [0.5, 0.6) is 5.75 Å². The van der Waals surface area contributed by atoms with E-state index in [9.17, 15) is 9.59 Å². The van der Waals surface area contributed by atoms with Gasteiger partial charge in [0.1, 0.15) is 5.75 Å². The van der Waals surface area contributed by atoms with Gasteiger partial charge < -0.3 is 4.74 Å². The van der Waals surface area contributed by atoms with Gasteiger partial charge in [0, 0.05) is 11.8 Å². The van der Waals surface area contributed by atoms with Gasteiger partial charge in [0.15, 0.2) is 0 Å². The highest BCUT2D eigenvalue weighted by Gasteiger charge is 2.62. The number of allylic oxidation sites excluding steroid dienone is 4. The zero-order valence-electron chi connectivity index (χ0n) is 13.4. The van der Waals surface area contributed by atoms with E-state index in [1.54, 1.807) is 19.2 Å². The lowest BCUT2D eigenvalue weighted by atomic mass is 9.85. The van der Waals surface area contributed by atoms with E-state index in [1.165, 1.54) is 16.0 Å². The Bertz CT molecular complexity index is 739.